The summed E-state index contributed by atoms with van der Waals surface area (Å²) in [5.74, 6) is 5.80. The first-order valence-corrected chi connectivity index (χ1v) is 14.3. The van der Waals surface area contributed by atoms with Gasteiger partial charge in [0.25, 0.3) is 0 Å². The molecule has 5 aliphatic rings. The zero-order valence-corrected chi connectivity index (χ0v) is 23.2. The first-order valence-electron chi connectivity index (χ1n) is 14.3. The smallest absolute Gasteiger partial charge is 0.212 e. The second-order valence-electron chi connectivity index (χ2n) is 11.2. The van der Waals surface area contributed by atoms with E-state index in [2.05, 4.69) is 53.1 Å². The predicted octanol–water partition coefficient (Wildman–Crippen LogP) is 6.57. The molecule has 208 valence electrons. The highest BCUT2D eigenvalue weighted by Gasteiger charge is 2.35. The van der Waals surface area contributed by atoms with Crippen molar-refractivity contribution in [1.29, 1.82) is 0 Å². The van der Waals surface area contributed by atoms with Crippen molar-refractivity contribution in [2.45, 2.75) is 37.8 Å². The van der Waals surface area contributed by atoms with E-state index in [-0.39, 0.29) is 12.1 Å². The van der Waals surface area contributed by atoms with E-state index in [1.54, 1.807) is 14.2 Å². The van der Waals surface area contributed by atoms with Gasteiger partial charge in [-0.2, -0.15) is 0 Å². The largest absolute Gasteiger partial charge is 0.493 e. The maximum atomic E-state index is 6.80. The molecule has 7 nitrogen and oxygen atoms in total. The molecule has 4 aromatic carbocycles. The summed E-state index contributed by atoms with van der Waals surface area (Å²) in [6.45, 7) is 1.78. The number of fused-ring (bicyclic) bond motifs is 2. The summed E-state index contributed by atoms with van der Waals surface area (Å²) in [7, 11) is 3.37. The first-order chi connectivity index (χ1) is 20.2. The highest BCUT2D eigenvalue weighted by molar-refractivity contribution is 5.67. The molecule has 0 aromatic heterocycles. The van der Waals surface area contributed by atoms with Crippen LogP contribution in [0.4, 0.5) is 0 Å². The second kappa shape index (κ2) is 9.72. The normalized spacial score (nSPS) is 19.8. The van der Waals surface area contributed by atoms with Crippen LogP contribution in [0.2, 0.25) is 0 Å². The zero-order chi connectivity index (χ0) is 27.5. The molecule has 0 amide bonds. The molecule has 2 atom stereocenters. The van der Waals surface area contributed by atoms with Gasteiger partial charge in [-0.15, -0.1) is 0 Å². The molecule has 2 N–H and O–H groups in total. The van der Waals surface area contributed by atoms with Gasteiger partial charge >= 0.3 is 0 Å². The average molecular weight is 549 g/mol. The molecule has 0 saturated heterocycles. The molecule has 0 saturated carbocycles. The summed E-state index contributed by atoms with van der Waals surface area (Å²) < 4.78 is 31.2. The van der Waals surface area contributed by atoms with E-state index in [0.29, 0.717) is 23.0 Å². The fourth-order valence-corrected chi connectivity index (χ4v) is 6.71. The summed E-state index contributed by atoms with van der Waals surface area (Å²) in [5, 5.41) is 7.47. The van der Waals surface area contributed by atoms with Gasteiger partial charge in [-0.3, -0.25) is 0 Å². The summed E-state index contributed by atoms with van der Waals surface area (Å²) in [5.41, 5.74) is 7.25. The van der Waals surface area contributed by atoms with Crippen LogP contribution in [0.25, 0.3) is 0 Å². The minimum atomic E-state index is 0.0676. The maximum absolute atomic E-state index is 6.80. The molecule has 0 unspecified atom stereocenters. The van der Waals surface area contributed by atoms with E-state index >= 15 is 0 Å². The van der Waals surface area contributed by atoms with Gasteiger partial charge in [0.1, 0.15) is 5.75 Å². The Kier molecular flexibility index (Phi) is 5.83. The van der Waals surface area contributed by atoms with Crippen LogP contribution in [0.3, 0.4) is 0 Å². The van der Waals surface area contributed by atoms with Crippen LogP contribution < -0.4 is 34.3 Å². The van der Waals surface area contributed by atoms with Gasteiger partial charge in [-0.05, 0) is 109 Å². The van der Waals surface area contributed by atoms with Crippen molar-refractivity contribution in [3.8, 4) is 46.0 Å². The van der Waals surface area contributed by atoms with Crippen molar-refractivity contribution in [1.82, 2.24) is 10.6 Å². The van der Waals surface area contributed by atoms with E-state index in [4.69, 9.17) is 23.7 Å². The number of hydrogen-bond acceptors (Lipinski definition) is 7. The maximum Gasteiger partial charge on any atom is 0.212 e. The van der Waals surface area contributed by atoms with E-state index in [1.165, 1.54) is 22.3 Å². The molecule has 7 bridgehead atoms. The highest BCUT2D eigenvalue weighted by atomic mass is 16.6. The lowest BCUT2D eigenvalue weighted by Gasteiger charge is -2.34. The third-order valence-corrected chi connectivity index (χ3v) is 8.73. The molecule has 0 aliphatic carbocycles. The second-order valence-corrected chi connectivity index (χ2v) is 11.2. The Hall–Kier alpha value is -4.20. The van der Waals surface area contributed by atoms with Crippen molar-refractivity contribution in [3.63, 3.8) is 0 Å². The molecular weight excluding hydrogens is 516 g/mol. The monoisotopic (exact) mass is 548 g/mol. The van der Waals surface area contributed by atoms with Crippen LogP contribution in [-0.2, 0) is 25.7 Å². The SMILES string of the molecule is COc1ccc2cc1Oc1ccc(cc1)C[C@@H]1NCCc3cc(OC)c4c(c31)Oc1cc3c(cc1O4)CCN[C@H]3C2. The predicted molar refractivity (Wildman–Crippen MR) is 155 cm³/mol. The van der Waals surface area contributed by atoms with Crippen LogP contribution in [0.1, 0.15) is 45.5 Å². The fraction of sp³-hybridized carbons (Fsp3) is 0.294. The molecule has 0 fully saturated rings. The van der Waals surface area contributed by atoms with Gasteiger partial charge in [0, 0.05) is 17.6 Å². The van der Waals surface area contributed by atoms with Gasteiger partial charge < -0.3 is 34.3 Å². The van der Waals surface area contributed by atoms with Crippen molar-refractivity contribution in [2.24, 2.45) is 0 Å². The molecule has 0 spiro atoms. The minimum Gasteiger partial charge on any atom is -0.493 e. The topological polar surface area (TPSA) is 70.2 Å². The van der Waals surface area contributed by atoms with Crippen LogP contribution >= 0.6 is 0 Å². The number of benzene rings is 4. The molecule has 0 radical (unpaired) electrons. The lowest BCUT2D eigenvalue weighted by atomic mass is 9.88. The van der Waals surface area contributed by atoms with Gasteiger partial charge in [-0.25, -0.2) is 0 Å². The minimum absolute atomic E-state index is 0.0676. The fourth-order valence-electron chi connectivity index (χ4n) is 6.71. The lowest BCUT2D eigenvalue weighted by molar-refractivity contribution is 0.318. The van der Waals surface area contributed by atoms with Crippen LogP contribution in [0.15, 0.2) is 60.7 Å². The summed E-state index contributed by atoms with van der Waals surface area (Å²) >= 11 is 0. The van der Waals surface area contributed by atoms with Crippen LogP contribution in [0, 0.1) is 0 Å². The summed E-state index contributed by atoms with van der Waals surface area (Å²) in [6, 6.07) is 21.2. The molecular formula is C34H32N2O5. The van der Waals surface area contributed by atoms with Crippen LogP contribution in [0.5, 0.6) is 46.0 Å². The molecule has 4 aromatic rings. The Labute approximate surface area is 239 Å². The number of rotatable bonds is 2. The summed E-state index contributed by atoms with van der Waals surface area (Å²) in [4.78, 5) is 0. The van der Waals surface area contributed by atoms with Crippen molar-refractivity contribution >= 4 is 0 Å². The zero-order valence-electron chi connectivity index (χ0n) is 23.2. The highest BCUT2D eigenvalue weighted by Crippen LogP contribution is 2.55. The Bertz CT molecular complexity index is 1670. The lowest BCUT2D eigenvalue weighted by Crippen LogP contribution is -2.32. The van der Waals surface area contributed by atoms with Gasteiger partial charge in [0.15, 0.2) is 34.5 Å². The molecule has 5 heterocycles. The van der Waals surface area contributed by atoms with E-state index in [9.17, 15) is 0 Å². The molecule has 9 rings (SSSR count). The van der Waals surface area contributed by atoms with E-state index < -0.39 is 0 Å². The Morgan fingerprint density at radius 3 is 2.17 bits per heavy atom. The summed E-state index contributed by atoms with van der Waals surface area (Å²) in [6.07, 6.45) is 3.43. The van der Waals surface area contributed by atoms with Crippen molar-refractivity contribution in [2.75, 3.05) is 27.3 Å². The van der Waals surface area contributed by atoms with E-state index in [0.717, 1.165) is 72.9 Å². The third-order valence-electron chi connectivity index (χ3n) is 8.73. The molecule has 7 heteroatoms. The Morgan fingerprint density at radius 1 is 0.634 bits per heavy atom. The number of methoxy groups -OCH3 is 2. The van der Waals surface area contributed by atoms with Crippen molar-refractivity contribution in [3.05, 3.63) is 94.0 Å². The van der Waals surface area contributed by atoms with Crippen molar-refractivity contribution < 1.29 is 23.7 Å². The third kappa shape index (κ3) is 4.19. The Morgan fingerprint density at radius 2 is 1.34 bits per heavy atom. The van der Waals surface area contributed by atoms with Gasteiger partial charge in [0.2, 0.25) is 5.75 Å². The van der Waals surface area contributed by atoms with Gasteiger partial charge in [-0.1, -0.05) is 18.2 Å². The quantitative estimate of drug-likeness (QED) is 0.259. The van der Waals surface area contributed by atoms with Gasteiger partial charge in [0.05, 0.1) is 14.2 Å². The van der Waals surface area contributed by atoms with E-state index in [1.807, 2.05) is 18.2 Å². The average Bonchev–Trinajstić information content (AvgIpc) is 3.00. The number of ether oxygens (including phenoxy) is 5. The number of hydrogen-bond donors (Lipinski definition) is 2. The van der Waals surface area contributed by atoms with Crippen LogP contribution in [-0.4, -0.2) is 27.3 Å². The number of nitrogens with one attached hydrogen (secondary N) is 2. The first kappa shape index (κ1) is 24.6. The standard InChI is InChI=1S/C34H32N2O5/c1-37-27-8-5-20-14-25-24-18-30-29(16-21(24)9-11-35-25)40-33-31(38-2)17-22-10-12-36-26(32(22)34(33)41-30)13-19-3-6-23(7-4-19)39-28(27)15-20/h3-8,15-18,25-26,35-36H,9-14H2,1-2H3/t25-,26-/m0/s1. The molecule has 5 aliphatic heterocycles. The Balaban J connectivity index is 1.31. The molecule has 41 heavy (non-hydrogen) atoms.